The number of rotatable bonds is 6. The fraction of sp³-hybridized carbons (Fsp3) is 0.682. The smallest absolute Gasteiger partial charge is 0.191 e. The van der Waals surface area contributed by atoms with Gasteiger partial charge in [0.1, 0.15) is 0 Å². The molecule has 1 aromatic rings. The van der Waals surface area contributed by atoms with Gasteiger partial charge >= 0.3 is 0 Å². The Balaban J connectivity index is 1.53. The highest BCUT2D eigenvalue weighted by Gasteiger charge is 2.29. The van der Waals surface area contributed by atoms with E-state index in [4.69, 9.17) is 4.74 Å². The lowest BCUT2D eigenvalue weighted by molar-refractivity contribution is 0.0243. The minimum absolute atomic E-state index is 0.0690. The average molecular weight is 373 g/mol. The summed E-state index contributed by atoms with van der Waals surface area (Å²) in [7, 11) is 1.83. The van der Waals surface area contributed by atoms with E-state index in [9.17, 15) is 0 Å². The van der Waals surface area contributed by atoms with Gasteiger partial charge in [0, 0.05) is 39.8 Å². The van der Waals surface area contributed by atoms with Crippen molar-refractivity contribution < 1.29 is 4.74 Å². The van der Waals surface area contributed by atoms with Crippen molar-refractivity contribution in [2.75, 3.05) is 33.3 Å². The monoisotopic (exact) mass is 372 g/mol. The first-order chi connectivity index (χ1) is 13.1. The second-order valence-electron chi connectivity index (χ2n) is 8.43. The van der Waals surface area contributed by atoms with Crippen LogP contribution in [-0.2, 0) is 17.8 Å². The van der Waals surface area contributed by atoms with E-state index in [0.29, 0.717) is 0 Å². The van der Waals surface area contributed by atoms with Crippen LogP contribution in [0.25, 0.3) is 0 Å². The van der Waals surface area contributed by atoms with Crippen LogP contribution in [0.5, 0.6) is 0 Å². The molecule has 0 spiro atoms. The Morgan fingerprint density at radius 1 is 1.26 bits per heavy atom. The fourth-order valence-electron chi connectivity index (χ4n) is 4.20. The summed E-state index contributed by atoms with van der Waals surface area (Å²) in [6.07, 6.45) is 4.93. The molecule has 0 saturated carbocycles. The van der Waals surface area contributed by atoms with Gasteiger partial charge in [0.05, 0.1) is 5.60 Å². The van der Waals surface area contributed by atoms with Crippen LogP contribution >= 0.6 is 0 Å². The van der Waals surface area contributed by atoms with Gasteiger partial charge in [-0.2, -0.15) is 0 Å². The van der Waals surface area contributed by atoms with Crippen molar-refractivity contribution in [1.82, 2.24) is 15.5 Å². The second-order valence-corrected chi connectivity index (χ2v) is 8.43. The van der Waals surface area contributed by atoms with E-state index in [1.165, 1.54) is 37.1 Å². The maximum absolute atomic E-state index is 5.86. The summed E-state index contributed by atoms with van der Waals surface area (Å²) >= 11 is 0. The topological polar surface area (TPSA) is 48.9 Å². The molecule has 2 heterocycles. The van der Waals surface area contributed by atoms with Crippen molar-refractivity contribution >= 4 is 5.96 Å². The molecule has 0 bridgehead atoms. The predicted octanol–water partition coefficient (Wildman–Crippen LogP) is 3.15. The third-order valence-corrected chi connectivity index (χ3v) is 5.85. The molecule has 5 heteroatoms. The number of guanidine groups is 1. The Morgan fingerprint density at radius 3 is 2.78 bits per heavy atom. The summed E-state index contributed by atoms with van der Waals surface area (Å²) in [4.78, 5) is 6.97. The van der Waals surface area contributed by atoms with E-state index in [1.54, 1.807) is 0 Å². The lowest BCUT2D eigenvalue weighted by atomic mass is 9.99. The molecule has 3 rings (SSSR count). The van der Waals surface area contributed by atoms with Gasteiger partial charge in [-0.25, -0.2) is 0 Å². The van der Waals surface area contributed by atoms with Crippen LogP contribution in [0.4, 0.5) is 0 Å². The maximum Gasteiger partial charge on any atom is 0.191 e. The lowest BCUT2D eigenvalue weighted by Gasteiger charge is -2.31. The summed E-state index contributed by atoms with van der Waals surface area (Å²) in [6.45, 7) is 10.5. The van der Waals surface area contributed by atoms with Gasteiger partial charge in [0.2, 0.25) is 0 Å². The summed E-state index contributed by atoms with van der Waals surface area (Å²) in [5, 5.41) is 6.91. The van der Waals surface area contributed by atoms with Crippen molar-refractivity contribution in [3.05, 3.63) is 35.4 Å². The van der Waals surface area contributed by atoms with Crippen molar-refractivity contribution in [1.29, 1.82) is 0 Å². The van der Waals surface area contributed by atoms with Gasteiger partial charge in [0.15, 0.2) is 5.96 Å². The molecule has 2 unspecified atom stereocenters. The van der Waals surface area contributed by atoms with E-state index in [2.05, 4.69) is 58.6 Å². The van der Waals surface area contributed by atoms with Crippen LogP contribution in [-0.4, -0.2) is 49.7 Å². The molecule has 0 aromatic heterocycles. The molecule has 2 aliphatic heterocycles. The molecule has 2 atom stereocenters. The number of aliphatic imine (C=N–C) groups is 1. The Labute approximate surface area is 164 Å². The van der Waals surface area contributed by atoms with Crippen molar-refractivity contribution in [2.24, 2.45) is 10.9 Å². The summed E-state index contributed by atoms with van der Waals surface area (Å²) < 4.78 is 5.86. The zero-order chi connectivity index (χ0) is 19.1. The predicted molar refractivity (Wildman–Crippen MR) is 112 cm³/mol. The number of hydrogen-bond acceptors (Lipinski definition) is 3. The molecule has 0 radical (unpaired) electrons. The van der Waals surface area contributed by atoms with Crippen LogP contribution in [0.15, 0.2) is 29.3 Å². The number of benzene rings is 1. The fourth-order valence-corrected chi connectivity index (χ4v) is 4.20. The van der Waals surface area contributed by atoms with Gasteiger partial charge in [-0.1, -0.05) is 31.2 Å². The van der Waals surface area contributed by atoms with Crippen LogP contribution in [0.3, 0.4) is 0 Å². The van der Waals surface area contributed by atoms with Gasteiger partial charge in [0.25, 0.3) is 0 Å². The number of nitrogens with one attached hydrogen (secondary N) is 2. The van der Waals surface area contributed by atoms with Gasteiger partial charge in [-0.3, -0.25) is 9.89 Å². The van der Waals surface area contributed by atoms with Crippen molar-refractivity contribution in [3.63, 3.8) is 0 Å². The quantitative estimate of drug-likeness (QED) is 0.595. The Morgan fingerprint density at radius 2 is 2.07 bits per heavy atom. The normalized spacial score (nSPS) is 26.9. The zero-order valence-corrected chi connectivity index (χ0v) is 17.3. The Hall–Kier alpha value is -1.59. The van der Waals surface area contributed by atoms with Crippen molar-refractivity contribution in [2.45, 2.75) is 58.2 Å². The molecular formula is C22H36N4O. The Kier molecular flexibility index (Phi) is 7.13. The molecule has 150 valence electrons. The molecule has 2 N–H and O–H groups in total. The first-order valence-electron chi connectivity index (χ1n) is 10.5. The summed E-state index contributed by atoms with van der Waals surface area (Å²) in [5.41, 5.74) is 2.70. The van der Waals surface area contributed by atoms with E-state index in [-0.39, 0.29) is 5.60 Å². The number of piperidine rings is 1. The number of nitrogens with zero attached hydrogens (tertiary/aromatic N) is 2. The molecule has 5 nitrogen and oxygen atoms in total. The molecule has 27 heavy (non-hydrogen) atoms. The second kappa shape index (κ2) is 9.56. The summed E-state index contributed by atoms with van der Waals surface area (Å²) in [5.74, 6) is 1.65. The third-order valence-electron chi connectivity index (χ3n) is 5.85. The largest absolute Gasteiger partial charge is 0.373 e. The van der Waals surface area contributed by atoms with Crippen LogP contribution in [0, 0.1) is 5.92 Å². The van der Waals surface area contributed by atoms with Crippen LogP contribution in [0.2, 0.25) is 0 Å². The first-order valence-corrected chi connectivity index (χ1v) is 10.5. The SMILES string of the molecule is CN=C(NCc1ccccc1CN1CCCC(C)C1)NCC1(C)CCCO1. The van der Waals surface area contributed by atoms with Gasteiger partial charge < -0.3 is 15.4 Å². The molecule has 2 saturated heterocycles. The molecular weight excluding hydrogens is 336 g/mol. The average Bonchev–Trinajstić information content (AvgIpc) is 3.10. The maximum atomic E-state index is 5.86. The molecule has 1 aromatic carbocycles. The van der Waals surface area contributed by atoms with E-state index >= 15 is 0 Å². The number of hydrogen-bond donors (Lipinski definition) is 2. The molecule has 0 amide bonds. The summed E-state index contributed by atoms with van der Waals surface area (Å²) in [6, 6.07) is 8.77. The Bertz CT molecular complexity index is 624. The van der Waals surface area contributed by atoms with E-state index < -0.39 is 0 Å². The minimum atomic E-state index is -0.0690. The highest BCUT2D eigenvalue weighted by atomic mass is 16.5. The number of ether oxygens (including phenoxy) is 1. The highest BCUT2D eigenvalue weighted by molar-refractivity contribution is 5.79. The standard InChI is InChI=1S/C22H36N4O/c1-18-8-6-12-26(15-18)16-20-10-5-4-9-19(20)14-24-21(23-3)25-17-22(2)11-7-13-27-22/h4-5,9-10,18H,6-8,11-17H2,1-3H3,(H2,23,24,25). The minimum Gasteiger partial charge on any atom is -0.373 e. The zero-order valence-electron chi connectivity index (χ0n) is 17.3. The van der Waals surface area contributed by atoms with Gasteiger partial charge in [-0.05, 0) is 56.2 Å². The molecule has 0 aliphatic carbocycles. The van der Waals surface area contributed by atoms with Crippen molar-refractivity contribution in [3.8, 4) is 0 Å². The number of likely N-dealkylation sites (tertiary alicyclic amines) is 1. The van der Waals surface area contributed by atoms with Crippen LogP contribution < -0.4 is 10.6 Å². The highest BCUT2D eigenvalue weighted by Crippen LogP contribution is 2.24. The molecule has 2 fully saturated rings. The van der Waals surface area contributed by atoms with Crippen LogP contribution in [0.1, 0.15) is 50.7 Å². The third kappa shape index (κ3) is 5.94. The van der Waals surface area contributed by atoms with E-state index in [0.717, 1.165) is 51.0 Å². The molecule has 2 aliphatic rings. The van der Waals surface area contributed by atoms with E-state index in [1.807, 2.05) is 7.05 Å². The first kappa shape index (κ1) is 20.2. The lowest BCUT2D eigenvalue weighted by Crippen LogP contribution is -2.45. The van der Waals surface area contributed by atoms with Gasteiger partial charge in [-0.15, -0.1) is 0 Å².